The van der Waals surface area contributed by atoms with Gasteiger partial charge in [-0.15, -0.1) is 0 Å². The Morgan fingerprint density at radius 2 is 2.00 bits per heavy atom. The first kappa shape index (κ1) is 15.5. The van der Waals surface area contributed by atoms with Crippen LogP contribution < -0.4 is 0 Å². The predicted molar refractivity (Wildman–Crippen MR) is 89.5 cm³/mol. The standard InChI is InChI=1S/C19H23N3O2/c1-11(23)13-10-14(19(13,2)3)18-21-17(22-24-18)16-9-8-12-6-4-5-7-15(12)20-16/h8-9,13-14H,4-7,10H2,1-3H3/t13-,14+/m0/s1. The number of aromatic nitrogens is 3. The predicted octanol–water partition coefficient (Wildman–Crippen LogP) is 3.73. The van der Waals surface area contributed by atoms with E-state index in [-0.39, 0.29) is 23.0 Å². The van der Waals surface area contributed by atoms with E-state index in [1.54, 1.807) is 6.92 Å². The van der Waals surface area contributed by atoms with Gasteiger partial charge in [-0.1, -0.05) is 25.1 Å². The monoisotopic (exact) mass is 325 g/mol. The van der Waals surface area contributed by atoms with Crippen LogP contribution in [0.3, 0.4) is 0 Å². The van der Waals surface area contributed by atoms with Crippen molar-refractivity contribution in [1.29, 1.82) is 0 Å². The Labute approximate surface area is 141 Å². The highest BCUT2D eigenvalue weighted by atomic mass is 16.5. The number of ketones is 1. The van der Waals surface area contributed by atoms with Gasteiger partial charge in [0, 0.05) is 17.5 Å². The molecule has 126 valence electrons. The molecule has 0 bridgehead atoms. The van der Waals surface area contributed by atoms with Crippen LogP contribution in [0.2, 0.25) is 0 Å². The highest BCUT2D eigenvalue weighted by Gasteiger charge is 2.53. The normalized spacial score (nSPS) is 25.0. The molecular weight excluding hydrogens is 302 g/mol. The number of aryl methyl sites for hydroxylation is 2. The van der Waals surface area contributed by atoms with E-state index in [9.17, 15) is 4.79 Å². The number of nitrogens with zero attached hydrogens (tertiary/aromatic N) is 3. The van der Waals surface area contributed by atoms with Gasteiger partial charge in [0.1, 0.15) is 11.5 Å². The Kier molecular flexibility index (Phi) is 3.55. The Hall–Kier alpha value is -2.04. The average molecular weight is 325 g/mol. The molecule has 0 N–H and O–H groups in total. The SMILES string of the molecule is CC(=O)[C@@H]1C[C@H](c2nc(-c3ccc4c(n3)CCCC4)no2)C1(C)C. The molecule has 1 saturated carbocycles. The first-order valence-electron chi connectivity index (χ1n) is 8.80. The van der Waals surface area contributed by atoms with Crippen LogP contribution in [0.5, 0.6) is 0 Å². The zero-order valence-corrected chi connectivity index (χ0v) is 14.5. The summed E-state index contributed by atoms with van der Waals surface area (Å²) in [5.74, 6) is 1.66. The fourth-order valence-corrected chi connectivity index (χ4v) is 4.22. The van der Waals surface area contributed by atoms with Gasteiger partial charge >= 0.3 is 0 Å². The van der Waals surface area contributed by atoms with Crippen LogP contribution in [0.15, 0.2) is 16.7 Å². The van der Waals surface area contributed by atoms with E-state index >= 15 is 0 Å². The van der Waals surface area contributed by atoms with Crippen molar-refractivity contribution < 1.29 is 9.32 Å². The van der Waals surface area contributed by atoms with Gasteiger partial charge in [0.2, 0.25) is 11.7 Å². The lowest BCUT2D eigenvalue weighted by Gasteiger charge is -2.49. The summed E-state index contributed by atoms with van der Waals surface area (Å²) in [5.41, 5.74) is 3.17. The third kappa shape index (κ3) is 2.38. The van der Waals surface area contributed by atoms with Gasteiger partial charge in [-0.2, -0.15) is 4.98 Å². The van der Waals surface area contributed by atoms with Crippen molar-refractivity contribution in [2.45, 2.75) is 58.8 Å². The summed E-state index contributed by atoms with van der Waals surface area (Å²) in [4.78, 5) is 21.0. The van der Waals surface area contributed by atoms with Gasteiger partial charge in [-0.3, -0.25) is 4.79 Å². The van der Waals surface area contributed by atoms with Crippen LogP contribution in [-0.4, -0.2) is 20.9 Å². The van der Waals surface area contributed by atoms with Crippen molar-refractivity contribution in [1.82, 2.24) is 15.1 Å². The summed E-state index contributed by atoms with van der Waals surface area (Å²) in [6.07, 6.45) is 5.38. The van der Waals surface area contributed by atoms with Gasteiger partial charge in [0.05, 0.1) is 0 Å². The molecule has 24 heavy (non-hydrogen) atoms. The first-order valence-corrected chi connectivity index (χ1v) is 8.80. The van der Waals surface area contributed by atoms with Crippen LogP contribution in [-0.2, 0) is 17.6 Å². The van der Waals surface area contributed by atoms with Crippen LogP contribution in [0, 0.1) is 11.3 Å². The minimum absolute atomic E-state index is 0.0831. The first-order chi connectivity index (χ1) is 11.5. The molecule has 2 aromatic heterocycles. The zero-order chi connectivity index (χ0) is 16.9. The van der Waals surface area contributed by atoms with E-state index < -0.39 is 0 Å². The number of pyridine rings is 1. The number of hydrogen-bond donors (Lipinski definition) is 0. The Morgan fingerprint density at radius 1 is 1.21 bits per heavy atom. The molecule has 5 nitrogen and oxygen atoms in total. The lowest BCUT2D eigenvalue weighted by molar-refractivity contribution is -0.132. The van der Waals surface area contributed by atoms with Crippen molar-refractivity contribution in [2.24, 2.45) is 11.3 Å². The van der Waals surface area contributed by atoms with Crippen molar-refractivity contribution in [3.8, 4) is 11.5 Å². The Balaban J connectivity index is 1.59. The average Bonchev–Trinajstić information content (AvgIpc) is 3.02. The van der Waals surface area contributed by atoms with Gasteiger partial charge in [-0.05, 0) is 56.1 Å². The van der Waals surface area contributed by atoms with Gasteiger partial charge in [0.15, 0.2) is 0 Å². The quantitative estimate of drug-likeness (QED) is 0.860. The van der Waals surface area contributed by atoms with E-state index in [0.717, 1.165) is 25.0 Å². The summed E-state index contributed by atoms with van der Waals surface area (Å²) in [5, 5.41) is 4.14. The van der Waals surface area contributed by atoms with Gasteiger partial charge in [-0.25, -0.2) is 4.98 Å². The molecule has 0 amide bonds. The van der Waals surface area contributed by atoms with Gasteiger partial charge < -0.3 is 4.52 Å². The summed E-state index contributed by atoms with van der Waals surface area (Å²) >= 11 is 0. The van der Waals surface area contributed by atoms with Crippen molar-refractivity contribution in [3.63, 3.8) is 0 Å². The van der Waals surface area contributed by atoms with E-state index in [0.29, 0.717) is 11.7 Å². The summed E-state index contributed by atoms with van der Waals surface area (Å²) in [7, 11) is 0. The van der Waals surface area contributed by atoms with E-state index in [1.807, 2.05) is 6.07 Å². The Morgan fingerprint density at radius 3 is 2.75 bits per heavy atom. The maximum Gasteiger partial charge on any atom is 0.230 e. The second kappa shape index (κ2) is 5.50. The maximum absolute atomic E-state index is 11.7. The molecule has 2 atom stereocenters. The lowest BCUT2D eigenvalue weighted by atomic mass is 9.53. The Bertz CT molecular complexity index is 794. The molecule has 0 radical (unpaired) electrons. The summed E-state index contributed by atoms with van der Waals surface area (Å²) in [6.45, 7) is 5.88. The molecule has 2 aliphatic carbocycles. The topological polar surface area (TPSA) is 68.9 Å². The summed E-state index contributed by atoms with van der Waals surface area (Å²) in [6, 6.07) is 4.13. The lowest BCUT2D eigenvalue weighted by Crippen LogP contribution is -2.46. The fourth-order valence-electron chi connectivity index (χ4n) is 4.22. The highest BCUT2D eigenvalue weighted by Crippen LogP contribution is 2.56. The minimum atomic E-state index is -0.126. The van der Waals surface area contributed by atoms with E-state index in [4.69, 9.17) is 9.51 Å². The summed E-state index contributed by atoms with van der Waals surface area (Å²) < 4.78 is 5.52. The number of fused-ring (bicyclic) bond motifs is 1. The largest absolute Gasteiger partial charge is 0.339 e. The van der Waals surface area contributed by atoms with Crippen LogP contribution in [0.1, 0.15) is 63.1 Å². The molecule has 0 spiro atoms. The number of Topliss-reactive ketones (excluding diaryl/α,β-unsaturated/α-hetero) is 1. The van der Waals surface area contributed by atoms with Crippen LogP contribution in [0.25, 0.3) is 11.5 Å². The smallest absolute Gasteiger partial charge is 0.230 e. The fraction of sp³-hybridized carbons (Fsp3) is 0.579. The molecule has 5 heteroatoms. The molecule has 0 aliphatic heterocycles. The molecule has 0 unspecified atom stereocenters. The third-order valence-electron chi connectivity index (χ3n) is 5.91. The molecule has 0 aromatic carbocycles. The maximum atomic E-state index is 11.7. The van der Waals surface area contributed by atoms with Crippen molar-refractivity contribution >= 4 is 5.78 Å². The van der Waals surface area contributed by atoms with Crippen molar-refractivity contribution in [2.75, 3.05) is 0 Å². The number of hydrogen-bond acceptors (Lipinski definition) is 5. The highest BCUT2D eigenvalue weighted by molar-refractivity contribution is 5.80. The van der Waals surface area contributed by atoms with E-state index in [2.05, 4.69) is 30.1 Å². The zero-order valence-electron chi connectivity index (χ0n) is 14.5. The molecule has 2 heterocycles. The molecule has 1 fully saturated rings. The molecule has 2 aliphatic rings. The van der Waals surface area contributed by atoms with Crippen LogP contribution >= 0.6 is 0 Å². The number of rotatable bonds is 3. The van der Waals surface area contributed by atoms with Gasteiger partial charge in [0.25, 0.3) is 0 Å². The van der Waals surface area contributed by atoms with Crippen LogP contribution in [0.4, 0.5) is 0 Å². The molecular formula is C19H23N3O2. The van der Waals surface area contributed by atoms with Crippen molar-refractivity contribution in [3.05, 3.63) is 29.3 Å². The molecule has 4 rings (SSSR count). The second-order valence-corrected chi connectivity index (χ2v) is 7.74. The number of carbonyl (C=O) groups is 1. The second-order valence-electron chi connectivity index (χ2n) is 7.74. The molecule has 2 aromatic rings. The van der Waals surface area contributed by atoms with E-state index in [1.165, 1.54) is 24.1 Å². The number of carbonyl (C=O) groups excluding carboxylic acids is 1. The third-order valence-corrected chi connectivity index (χ3v) is 5.91. The minimum Gasteiger partial charge on any atom is -0.339 e. The molecule has 0 saturated heterocycles.